The molecule has 0 amide bonds. The van der Waals surface area contributed by atoms with E-state index < -0.39 is 0 Å². The topological polar surface area (TPSA) is 12.9 Å². The first kappa shape index (κ1) is 9.90. The van der Waals surface area contributed by atoms with E-state index in [9.17, 15) is 0 Å². The molecule has 0 bridgehead atoms. The highest BCUT2D eigenvalue weighted by atomic mass is 127. The van der Waals surface area contributed by atoms with Crippen LogP contribution in [0.15, 0.2) is 18.2 Å². The molecule has 0 saturated carbocycles. The van der Waals surface area contributed by atoms with Crippen molar-refractivity contribution in [3.8, 4) is 0 Å². The number of fused-ring (bicyclic) bond motifs is 1. The molecule has 0 fully saturated rings. The number of hydrogen-bond donors (Lipinski definition) is 0. The van der Waals surface area contributed by atoms with Crippen LogP contribution < -0.4 is 0 Å². The maximum atomic E-state index is 5.83. The zero-order valence-corrected chi connectivity index (χ0v) is 9.87. The Balaban J connectivity index is 2.91. The number of aromatic nitrogens is 1. The van der Waals surface area contributed by atoms with Gasteiger partial charge in [-0.15, -0.1) is 0 Å². The molecule has 2 rings (SSSR count). The maximum Gasteiger partial charge on any atom is 0.0718 e. The van der Waals surface area contributed by atoms with Crippen LogP contribution in [0.2, 0.25) is 0 Å². The van der Waals surface area contributed by atoms with Gasteiger partial charge in [0.25, 0.3) is 0 Å². The third-order valence-corrected chi connectivity index (χ3v) is 3.30. The second kappa shape index (κ2) is 3.50. The molecule has 68 valence electrons. The molecule has 0 N–H and O–H groups in total. The van der Waals surface area contributed by atoms with Gasteiger partial charge in [0.1, 0.15) is 0 Å². The van der Waals surface area contributed by atoms with E-state index in [0.29, 0.717) is 11.1 Å². The lowest BCUT2D eigenvalue weighted by Crippen LogP contribution is -1.91. The molecule has 2 heteroatoms. The lowest BCUT2D eigenvalue weighted by atomic mass is 10.1. The fourth-order valence-electron chi connectivity index (χ4n) is 1.37. The van der Waals surface area contributed by atoms with Crippen LogP contribution in [0, 0.1) is 24.3 Å². The SMILES string of the molecule is [CH]c1cc2nc(C)ccc2c(I)c1[CH]. The second-order valence-electron chi connectivity index (χ2n) is 3.21. The lowest BCUT2D eigenvalue weighted by Gasteiger charge is -2.07. The van der Waals surface area contributed by atoms with Crippen molar-refractivity contribution in [2.45, 2.75) is 6.92 Å². The van der Waals surface area contributed by atoms with Crippen LogP contribution in [0.3, 0.4) is 0 Å². The van der Waals surface area contributed by atoms with Gasteiger partial charge in [-0.2, -0.15) is 0 Å². The highest BCUT2D eigenvalue weighted by Gasteiger charge is 2.06. The first-order valence-corrected chi connectivity index (χ1v) is 5.28. The fourth-order valence-corrected chi connectivity index (χ4v) is 2.14. The number of pyridine rings is 1. The van der Waals surface area contributed by atoms with Gasteiger partial charge in [0.15, 0.2) is 0 Å². The molecule has 4 radical (unpaired) electrons. The number of nitrogens with zero attached hydrogens (tertiary/aromatic N) is 1. The second-order valence-corrected chi connectivity index (χ2v) is 4.29. The van der Waals surface area contributed by atoms with Crippen molar-refractivity contribution >= 4 is 33.5 Å². The minimum absolute atomic E-state index is 0.597. The minimum Gasteiger partial charge on any atom is -0.253 e. The molecule has 1 nitrogen and oxygen atoms in total. The molecule has 0 spiro atoms. The van der Waals surface area contributed by atoms with E-state index in [1.54, 1.807) is 0 Å². The Hall–Kier alpha value is -0.640. The normalized spacial score (nSPS) is 10.9. The zero-order chi connectivity index (χ0) is 10.3. The zero-order valence-electron chi connectivity index (χ0n) is 7.71. The summed E-state index contributed by atoms with van der Waals surface area (Å²) < 4.78 is 0.977. The van der Waals surface area contributed by atoms with Crippen molar-refractivity contribution in [1.29, 1.82) is 0 Å². The predicted octanol–water partition coefficient (Wildman–Crippen LogP) is 3.27. The fraction of sp³-hybridized carbons (Fsp3) is 0.0833. The smallest absolute Gasteiger partial charge is 0.0718 e. The number of aryl methyl sites for hydroxylation is 1. The molecule has 1 aromatic carbocycles. The van der Waals surface area contributed by atoms with Gasteiger partial charge < -0.3 is 0 Å². The van der Waals surface area contributed by atoms with Gasteiger partial charge in [0.2, 0.25) is 0 Å². The van der Waals surface area contributed by atoms with Crippen LogP contribution in [0.25, 0.3) is 10.9 Å². The first-order chi connectivity index (χ1) is 6.59. The van der Waals surface area contributed by atoms with Crippen LogP contribution in [-0.4, -0.2) is 4.98 Å². The number of benzene rings is 1. The summed E-state index contributed by atoms with van der Waals surface area (Å²) in [4.78, 5) is 4.40. The molecule has 0 aliphatic carbocycles. The third kappa shape index (κ3) is 1.52. The summed E-state index contributed by atoms with van der Waals surface area (Å²) in [7, 11) is 0. The van der Waals surface area contributed by atoms with Crippen molar-refractivity contribution in [3.05, 3.63) is 52.4 Å². The molecule has 2 aromatic rings. The Labute approximate surface area is 97.7 Å². The van der Waals surface area contributed by atoms with Crippen LogP contribution in [0.1, 0.15) is 16.8 Å². The Morgan fingerprint density at radius 3 is 2.71 bits per heavy atom. The van der Waals surface area contributed by atoms with Crippen LogP contribution >= 0.6 is 22.6 Å². The molecular weight excluding hydrogens is 285 g/mol. The van der Waals surface area contributed by atoms with E-state index in [1.165, 1.54) is 0 Å². The molecule has 0 aliphatic rings. The highest BCUT2D eigenvalue weighted by Crippen LogP contribution is 2.25. The van der Waals surface area contributed by atoms with E-state index in [-0.39, 0.29) is 0 Å². The van der Waals surface area contributed by atoms with Gasteiger partial charge in [-0.05, 0) is 65.8 Å². The molecule has 0 unspecified atom stereocenters. The van der Waals surface area contributed by atoms with Crippen molar-refractivity contribution in [3.63, 3.8) is 0 Å². The van der Waals surface area contributed by atoms with E-state index >= 15 is 0 Å². The predicted molar refractivity (Wildman–Crippen MR) is 66.0 cm³/mol. The van der Waals surface area contributed by atoms with Crippen molar-refractivity contribution < 1.29 is 0 Å². The number of halogens is 1. The Bertz CT molecular complexity index is 503. The number of hydrogen-bond acceptors (Lipinski definition) is 1. The third-order valence-electron chi connectivity index (χ3n) is 2.14. The Morgan fingerprint density at radius 1 is 1.29 bits per heavy atom. The van der Waals surface area contributed by atoms with Crippen LogP contribution in [-0.2, 0) is 0 Å². The van der Waals surface area contributed by atoms with Crippen molar-refractivity contribution in [2.75, 3.05) is 0 Å². The van der Waals surface area contributed by atoms with E-state index in [0.717, 1.165) is 20.2 Å². The summed E-state index contributed by atoms with van der Waals surface area (Å²) in [6.07, 6.45) is 0. The van der Waals surface area contributed by atoms with Gasteiger partial charge in [-0.3, -0.25) is 4.98 Å². The van der Waals surface area contributed by atoms with Gasteiger partial charge in [-0.1, -0.05) is 0 Å². The molecule has 0 atom stereocenters. The van der Waals surface area contributed by atoms with Gasteiger partial charge in [0.05, 0.1) is 5.52 Å². The first-order valence-electron chi connectivity index (χ1n) is 4.20. The van der Waals surface area contributed by atoms with Crippen molar-refractivity contribution in [1.82, 2.24) is 4.98 Å². The standard InChI is InChI=1S/C12H8IN/c1-7-6-11-10(12(13)9(7)3)5-4-8(2)14-11/h1,3-6H,2H3. The van der Waals surface area contributed by atoms with E-state index in [4.69, 9.17) is 13.8 Å². The Morgan fingerprint density at radius 2 is 2.00 bits per heavy atom. The minimum atomic E-state index is 0.597. The van der Waals surface area contributed by atoms with Crippen LogP contribution in [0.5, 0.6) is 0 Å². The van der Waals surface area contributed by atoms with E-state index in [1.807, 2.05) is 25.1 Å². The summed E-state index contributed by atoms with van der Waals surface area (Å²) in [5.74, 6) is 0. The molecule has 0 aliphatic heterocycles. The average molecular weight is 293 g/mol. The van der Waals surface area contributed by atoms with Gasteiger partial charge in [0, 0.05) is 21.6 Å². The molecule has 1 heterocycles. The number of rotatable bonds is 0. The summed E-state index contributed by atoms with van der Waals surface area (Å²) in [5, 5.41) is 1.06. The Kier molecular flexibility index (Phi) is 2.47. The molecule has 1 aromatic heterocycles. The summed E-state index contributed by atoms with van der Waals surface area (Å²) >= 11 is 2.19. The van der Waals surface area contributed by atoms with E-state index in [2.05, 4.69) is 27.6 Å². The molecular formula is C12H8IN. The maximum absolute atomic E-state index is 5.83. The van der Waals surface area contributed by atoms with Crippen LogP contribution in [0.4, 0.5) is 0 Å². The molecule has 14 heavy (non-hydrogen) atoms. The molecule has 0 saturated heterocycles. The van der Waals surface area contributed by atoms with Gasteiger partial charge >= 0.3 is 0 Å². The largest absolute Gasteiger partial charge is 0.253 e. The summed E-state index contributed by atoms with van der Waals surface area (Å²) in [6.45, 7) is 13.5. The quantitative estimate of drug-likeness (QED) is 0.679. The lowest BCUT2D eigenvalue weighted by molar-refractivity contribution is 1.25. The highest BCUT2D eigenvalue weighted by molar-refractivity contribution is 14.1. The summed E-state index contributed by atoms with van der Waals surface area (Å²) in [5.41, 5.74) is 3.13. The summed E-state index contributed by atoms with van der Waals surface area (Å²) in [6, 6.07) is 5.81. The van der Waals surface area contributed by atoms with Gasteiger partial charge in [-0.25, -0.2) is 0 Å². The average Bonchev–Trinajstić information content (AvgIpc) is 2.14. The monoisotopic (exact) mass is 293 g/mol. The van der Waals surface area contributed by atoms with Crippen molar-refractivity contribution in [2.24, 2.45) is 0 Å².